The molecule has 5 nitrogen and oxygen atoms in total. The Hall–Kier alpha value is -9.19. The van der Waals surface area contributed by atoms with Crippen LogP contribution < -0.4 is 0 Å². The summed E-state index contributed by atoms with van der Waals surface area (Å²) in [5, 5.41) is 4.85. The molecule has 13 aromatic rings. The lowest BCUT2D eigenvalue weighted by Crippen LogP contribution is -2.02. The van der Waals surface area contributed by atoms with Crippen molar-refractivity contribution in [3.8, 4) is 78.9 Å². The number of nitrogens with zero attached hydrogens (tertiary/aromatic N) is 5. The molecule has 0 saturated carbocycles. The summed E-state index contributed by atoms with van der Waals surface area (Å²) in [6.45, 7) is 0. The molecule has 0 unspecified atom stereocenters. The Morgan fingerprint density at radius 3 is 1.16 bits per heavy atom. The van der Waals surface area contributed by atoms with E-state index < -0.39 is 0 Å². The van der Waals surface area contributed by atoms with Gasteiger partial charge in [0.25, 0.3) is 0 Å². The highest BCUT2D eigenvalue weighted by atomic mass is 15.0. The molecule has 0 fully saturated rings. The average molecular weight is 868 g/mol. The van der Waals surface area contributed by atoms with Gasteiger partial charge in [0.15, 0.2) is 17.5 Å². The number of aromatic nitrogens is 5. The van der Waals surface area contributed by atoms with Crippen LogP contribution in [0.2, 0.25) is 0 Å². The van der Waals surface area contributed by atoms with Crippen molar-refractivity contribution in [1.82, 2.24) is 24.1 Å². The van der Waals surface area contributed by atoms with Gasteiger partial charge < -0.3 is 9.13 Å². The fraction of sp³-hybridized carbons (Fsp3) is 0. The monoisotopic (exact) mass is 867 g/mol. The second-order valence-corrected chi connectivity index (χ2v) is 17.2. The van der Waals surface area contributed by atoms with Gasteiger partial charge in [0.1, 0.15) is 0 Å². The lowest BCUT2D eigenvalue weighted by molar-refractivity contribution is 1.07. The molecule has 0 amide bonds. The van der Waals surface area contributed by atoms with Gasteiger partial charge in [-0.3, -0.25) is 0 Å². The fourth-order valence-electron chi connectivity index (χ4n) is 10.0. The molecule has 0 radical (unpaired) electrons. The van der Waals surface area contributed by atoms with Crippen LogP contribution in [0.5, 0.6) is 0 Å². The Morgan fingerprint density at radius 2 is 0.618 bits per heavy atom. The zero-order valence-corrected chi connectivity index (χ0v) is 36.9. The van der Waals surface area contributed by atoms with E-state index in [1.54, 1.807) is 0 Å². The highest BCUT2D eigenvalue weighted by Gasteiger charge is 2.21. The van der Waals surface area contributed by atoms with Crippen molar-refractivity contribution in [2.45, 2.75) is 0 Å². The summed E-state index contributed by atoms with van der Waals surface area (Å²) in [6, 6.07) is 88.2. The van der Waals surface area contributed by atoms with Crippen LogP contribution in [0.25, 0.3) is 123 Å². The molecule has 3 heterocycles. The number of fused-ring (bicyclic) bond motifs is 6. The van der Waals surface area contributed by atoms with Crippen molar-refractivity contribution in [1.29, 1.82) is 0 Å². The van der Waals surface area contributed by atoms with Gasteiger partial charge in [0.05, 0.1) is 33.4 Å². The Labute approximate surface area is 393 Å². The van der Waals surface area contributed by atoms with Gasteiger partial charge in [-0.25, -0.2) is 15.0 Å². The predicted molar refractivity (Wildman–Crippen MR) is 281 cm³/mol. The molecule has 3 aromatic heterocycles. The van der Waals surface area contributed by atoms with E-state index in [9.17, 15) is 0 Å². The third-order valence-electron chi connectivity index (χ3n) is 13.2. The molecule has 0 aliphatic heterocycles. The van der Waals surface area contributed by atoms with Crippen LogP contribution in [0.4, 0.5) is 0 Å². The first-order valence-electron chi connectivity index (χ1n) is 23.0. The zero-order valence-electron chi connectivity index (χ0n) is 36.9. The minimum absolute atomic E-state index is 0.595. The van der Waals surface area contributed by atoms with E-state index in [1.807, 2.05) is 18.2 Å². The lowest BCUT2D eigenvalue weighted by atomic mass is 9.96. The van der Waals surface area contributed by atoms with E-state index in [2.05, 4.69) is 240 Å². The summed E-state index contributed by atoms with van der Waals surface area (Å²) in [5.74, 6) is 1.80. The molecule has 0 aliphatic carbocycles. The second-order valence-electron chi connectivity index (χ2n) is 17.2. The molecule has 0 aliphatic rings. The molecule has 0 saturated heterocycles. The van der Waals surface area contributed by atoms with E-state index in [0.29, 0.717) is 17.5 Å². The van der Waals surface area contributed by atoms with Crippen molar-refractivity contribution >= 4 is 43.6 Å². The number of benzene rings is 10. The van der Waals surface area contributed by atoms with Crippen LogP contribution in [-0.4, -0.2) is 24.1 Å². The Morgan fingerprint density at radius 1 is 0.221 bits per heavy atom. The minimum Gasteiger partial charge on any atom is -0.309 e. The van der Waals surface area contributed by atoms with Crippen LogP contribution in [0, 0.1) is 0 Å². The molecule has 10 aromatic carbocycles. The van der Waals surface area contributed by atoms with Crippen LogP contribution in [0.1, 0.15) is 0 Å². The SMILES string of the molecule is c1ccc(-c2ccc(-n3c4ccccc4c4ccccc43)c(-c3cccc(-c4nc(-c5ccccc5)nc(-c5ccc(-c6ccccc6)c(-n6c7ccccc7c7ccccc76)c5)n4)c3)c2)cc1. The molecular formula is C63H41N5. The van der Waals surface area contributed by atoms with Crippen molar-refractivity contribution in [3.63, 3.8) is 0 Å². The Balaban J connectivity index is 1.02. The van der Waals surface area contributed by atoms with Gasteiger partial charge in [-0.05, 0) is 70.8 Å². The molecule has 0 spiro atoms. The molecule has 318 valence electrons. The summed E-state index contributed by atoms with van der Waals surface area (Å²) in [5.41, 5.74) is 16.1. The molecule has 68 heavy (non-hydrogen) atoms. The van der Waals surface area contributed by atoms with Crippen molar-refractivity contribution in [2.75, 3.05) is 0 Å². The predicted octanol–water partition coefficient (Wildman–Crippen LogP) is 16.1. The summed E-state index contributed by atoms with van der Waals surface area (Å²) in [6.07, 6.45) is 0. The van der Waals surface area contributed by atoms with Crippen LogP contribution in [0.15, 0.2) is 249 Å². The van der Waals surface area contributed by atoms with E-state index in [-0.39, 0.29) is 0 Å². The highest BCUT2D eigenvalue weighted by molar-refractivity contribution is 6.11. The van der Waals surface area contributed by atoms with Gasteiger partial charge in [0, 0.05) is 49.4 Å². The van der Waals surface area contributed by atoms with Crippen LogP contribution in [0.3, 0.4) is 0 Å². The molecule has 0 bridgehead atoms. The first-order valence-corrected chi connectivity index (χ1v) is 23.0. The minimum atomic E-state index is 0.595. The summed E-state index contributed by atoms with van der Waals surface area (Å²) < 4.78 is 4.79. The summed E-state index contributed by atoms with van der Waals surface area (Å²) in [7, 11) is 0. The van der Waals surface area contributed by atoms with Gasteiger partial charge in [-0.1, -0.05) is 200 Å². The Kier molecular flexibility index (Phi) is 9.43. The molecule has 13 rings (SSSR count). The van der Waals surface area contributed by atoms with Crippen LogP contribution in [-0.2, 0) is 0 Å². The molecule has 0 atom stereocenters. The maximum absolute atomic E-state index is 5.37. The summed E-state index contributed by atoms with van der Waals surface area (Å²) in [4.78, 5) is 15.9. The van der Waals surface area contributed by atoms with Gasteiger partial charge in [-0.2, -0.15) is 0 Å². The van der Waals surface area contributed by atoms with E-state index in [1.165, 1.54) is 21.5 Å². The smallest absolute Gasteiger partial charge is 0.164 e. The number of rotatable bonds is 8. The van der Waals surface area contributed by atoms with Gasteiger partial charge in [0.2, 0.25) is 0 Å². The average Bonchev–Trinajstić information content (AvgIpc) is 3.94. The first-order chi connectivity index (χ1) is 33.7. The van der Waals surface area contributed by atoms with Gasteiger partial charge in [-0.15, -0.1) is 0 Å². The van der Waals surface area contributed by atoms with E-state index in [0.717, 1.165) is 83.5 Å². The van der Waals surface area contributed by atoms with Crippen molar-refractivity contribution in [2.24, 2.45) is 0 Å². The topological polar surface area (TPSA) is 48.5 Å². The lowest BCUT2D eigenvalue weighted by Gasteiger charge is -2.17. The summed E-state index contributed by atoms with van der Waals surface area (Å²) >= 11 is 0. The van der Waals surface area contributed by atoms with E-state index in [4.69, 9.17) is 15.0 Å². The number of hydrogen-bond acceptors (Lipinski definition) is 3. The third-order valence-corrected chi connectivity index (χ3v) is 13.2. The van der Waals surface area contributed by atoms with Crippen molar-refractivity contribution < 1.29 is 0 Å². The number of para-hydroxylation sites is 4. The second kappa shape index (κ2) is 16.4. The maximum Gasteiger partial charge on any atom is 0.164 e. The van der Waals surface area contributed by atoms with Crippen LogP contribution >= 0.6 is 0 Å². The highest BCUT2D eigenvalue weighted by Crippen LogP contribution is 2.41. The maximum atomic E-state index is 5.37. The fourth-order valence-corrected chi connectivity index (χ4v) is 10.0. The quantitative estimate of drug-likeness (QED) is 0.153. The Bertz CT molecular complexity index is 3910. The zero-order chi connectivity index (χ0) is 45.0. The molecule has 0 N–H and O–H groups in total. The van der Waals surface area contributed by atoms with Crippen molar-refractivity contribution in [3.05, 3.63) is 249 Å². The number of hydrogen-bond donors (Lipinski definition) is 0. The standard InChI is InChI=1S/C63H41N5/c1-4-19-42(20-5-1)45-36-38-59(67-55-31-14-10-27-50(55)51-28-11-15-32-56(51)67)54(40-45)46-25-18-26-47(39-46)62-64-61(44-23-8-3-9-24-44)65-63(66-62)48-35-37-49(43-21-6-2-7-22-43)60(41-48)68-57-33-16-12-29-52(57)53-30-13-17-34-58(53)68/h1-41H. The third kappa shape index (κ3) is 6.68. The normalized spacial score (nSPS) is 11.5. The first kappa shape index (κ1) is 39.2. The molecular weight excluding hydrogens is 827 g/mol. The molecule has 5 heteroatoms. The van der Waals surface area contributed by atoms with E-state index >= 15 is 0 Å². The largest absolute Gasteiger partial charge is 0.309 e. The van der Waals surface area contributed by atoms with Gasteiger partial charge >= 0.3 is 0 Å².